The minimum absolute atomic E-state index is 0.0502. The van der Waals surface area contributed by atoms with Gasteiger partial charge in [-0.2, -0.15) is 0 Å². The molecule has 0 fully saturated rings. The Labute approximate surface area is 217 Å². The maximum absolute atomic E-state index is 13.3. The molecule has 5 rings (SSSR count). The Morgan fingerprint density at radius 1 is 1.00 bits per heavy atom. The molecule has 3 aromatic carbocycles. The van der Waals surface area contributed by atoms with Crippen LogP contribution in [0, 0.1) is 20.8 Å². The summed E-state index contributed by atoms with van der Waals surface area (Å²) in [5.74, 6) is -0.419. The SMILES string of the molecule is COC(=O)CC(c1ccc2c(c1)CN(C(=O)c1ccc(C)c(C)c1)CC2)c1ccc2c(nnn2C)c1C. The number of benzene rings is 3. The number of fused-ring (bicyclic) bond motifs is 2. The molecule has 1 aliphatic heterocycles. The van der Waals surface area contributed by atoms with Crippen LogP contribution in [0.4, 0.5) is 0 Å². The summed E-state index contributed by atoms with van der Waals surface area (Å²) in [6, 6.07) is 16.4. The predicted octanol–water partition coefficient (Wildman–Crippen LogP) is 4.79. The average Bonchev–Trinajstić information content (AvgIpc) is 3.29. The van der Waals surface area contributed by atoms with E-state index in [2.05, 4.69) is 41.5 Å². The fourth-order valence-electron chi connectivity index (χ4n) is 5.31. The fourth-order valence-corrected chi connectivity index (χ4v) is 5.31. The van der Waals surface area contributed by atoms with Gasteiger partial charge in [0.25, 0.3) is 5.91 Å². The highest BCUT2D eigenvalue weighted by Gasteiger charge is 2.26. The van der Waals surface area contributed by atoms with Crippen LogP contribution in [0.2, 0.25) is 0 Å². The molecule has 1 aliphatic rings. The molecule has 0 saturated carbocycles. The molecule has 37 heavy (non-hydrogen) atoms. The van der Waals surface area contributed by atoms with Gasteiger partial charge < -0.3 is 9.64 Å². The van der Waals surface area contributed by atoms with Crippen LogP contribution >= 0.6 is 0 Å². The van der Waals surface area contributed by atoms with E-state index in [1.165, 1.54) is 18.2 Å². The van der Waals surface area contributed by atoms with Crippen molar-refractivity contribution in [3.05, 3.63) is 93.0 Å². The first-order valence-corrected chi connectivity index (χ1v) is 12.6. The lowest BCUT2D eigenvalue weighted by molar-refractivity contribution is -0.140. The number of hydrogen-bond acceptors (Lipinski definition) is 5. The summed E-state index contributed by atoms with van der Waals surface area (Å²) in [5.41, 5.74) is 10.2. The number of aryl methyl sites for hydroxylation is 4. The van der Waals surface area contributed by atoms with Crippen LogP contribution < -0.4 is 0 Å². The lowest BCUT2D eigenvalue weighted by atomic mass is 9.83. The van der Waals surface area contributed by atoms with E-state index in [1.54, 1.807) is 4.68 Å². The molecule has 7 heteroatoms. The number of esters is 1. The highest BCUT2D eigenvalue weighted by Crippen LogP contribution is 2.35. The minimum Gasteiger partial charge on any atom is -0.469 e. The van der Waals surface area contributed by atoms with E-state index in [-0.39, 0.29) is 24.2 Å². The largest absolute Gasteiger partial charge is 0.469 e. The second-order valence-corrected chi connectivity index (χ2v) is 10.00. The zero-order valence-electron chi connectivity index (χ0n) is 22.0. The van der Waals surface area contributed by atoms with Crippen molar-refractivity contribution < 1.29 is 14.3 Å². The van der Waals surface area contributed by atoms with Crippen molar-refractivity contribution in [2.45, 2.75) is 46.1 Å². The van der Waals surface area contributed by atoms with Crippen LogP contribution in [0.15, 0.2) is 48.5 Å². The number of carbonyl (C=O) groups excluding carboxylic acids is 2. The number of amides is 1. The van der Waals surface area contributed by atoms with Crippen molar-refractivity contribution >= 4 is 22.9 Å². The van der Waals surface area contributed by atoms with Crippen LogP contribution in [0.1, 0.15) is 61.6 Å². The number of methoxy groups -OCH3 is 1. The van der Waals surface area contributed by atoms with Gasteiger partial charge in [-0.3, -0.25) is 9.59 Å². The first-order chi connectivity index (χ1) is 17.8. The van der Waals surface area contributed by atoms with Gasteiger partial charge >= 0.3 is 5.97 Å². The summed E-state index contributed by atoms with van der Waals surface area (Å²) >= 11 is 0. The smallest absolute Gasteiger partial charge is 0.306 e. The number of hydrogen-bond donors (Lipinski definition) is 0. The summed E-state index contributed by atoms with van der Waals surface area (Å²) in [6.07, 6.45) is 1.02. The number of aromatic nitrogens is 3. The minimum atomic E-state index is -0.270. The van der Waals surface area contributed by atoms with Crippen LogP contribution in [-0.4, -0.2) is 45.4 Å². The van der Waals surface area contributed by atoms with E-state index < -0.39 is 0 Å². The van der Waals surface area contributed by atoms with Crippen molar-refractivity contribution in [3.8, 4) is 0 Å². The van der Waals surface area contributed by atoms with Gasteiger partial charge in [-0.15, -0.1) is 5.10 Å². The van der Waals surface area contributed by atoms with Gasteiger partial charge in [0.05, 0.1) is 19.0 Å². The highest BCUT2D eigenvalue weighted by molar-refractivity contribution is 5.94. The van der Waals surface area contributed by atoms with E-state index in [1.807, 2.05) is 50.1 Å². The first kappa shape index (κ1) is 24.7. The third-order valence-electron chi connectivity index (χ3n) is 7.74. The van der Waals surface area contributed by atoms with Crippen molar-refractivity contribution in [2.75, 3.05) is 13.7 Å². The zero-order valence-corrected chi connectivity index (χ0v) is 22.0. The molecule has 1 aromatic heterocycles. The molecule has 0 radical (unpaired) electrons. The summed E-state index contributed by atoms with van der Waals surface area (Å²) < 4.78 is 6.81. The second kappa shape index (κ2) is 9.81. The van der Waals surface area contributed by atoms with Gasteiger partial charge in [0, 0.05) is 31.6 Å². The monoisotopic (exact) mass is 496 g/mol. The maximum atomic E-state index is 13.3. The molecule has 4 aromatic rings. The van der Waals surface area contributed by atoms with E-state index in [4.69, 9.17) is 4.74 Å². The zero-order chi connectivity index (χ0) is 26.3. The Kier molecular flexibility index (Phi) is 6.54. The van der Waals surface area contributed by atoms with Crippen molar-refractivity contribution in [1.82, 2.24) is 19.9 Å². The Bertz CT molecular complexity index is 1520. The molecule has 1 atom stereocenters. The predicted molar refractivity (Wildman–Crippen MR) is 143 cm³/mol. The Hall–Kier alpha value is -4.00. The Morgan fingerprint density at radius 2 is 1.81 bits per heavy atom. The number of nitrogens with zero attached hydrogens (tertiary/aromatic N) is 4. The van der Waals surface area contributed by atoms with Gasteiger partial charge in [0.15, 0.2) is 0 Å². The number of carbonyl (C=O) groups is 2. The molecule has 2 heterocycles. The van der Waals surface area contributed by atoms with Gasteiger partial charge in [-0.1, -0.05) is 35.5 Å². The summed E-state index contributed by atoms with van der Waals surface area (Å²) in [4.78, 5) is 27.7. The summed E-state index contributed by atoms with van der Waals surface area (Å²) in [6.45, 7) is 7.34. The quantitative estimate of drug-likeness (QED) is 0.372. The van der Waals surface area contributed by atoms with Gasteiger partial charge in [-0.05, 0) is 84.3 Å². The molecular formula is C30H32N4O3. The summed E-state index contributed by atoms with van der Waals surface area (Å²) in [7, 11) is 3.29. The lowest BCUT2D eigenvalue weighted by Crippen LogP contribution is -2.36. The van der Waals surface area contributed by atoms with Crippen LogP contribution in [0.5, 0.6) is 0 Å². The van der Waals surface area contributed by atoms with Gasteiger partial charge in [0.1, 0.15) is 5.52 Å². The Morgan fingerprint density at radius 3 is 2.57 bits per heavy atom. The standard InChI is InChI=1S/C30H32N4O3/c1-18-6-7-23(14-19(18)2)30(36)34-13-12-21-8-9-22(15-24(21)17-34)26(16-28(35)37-5)25-10-11-27-29(20(25)3)31-32-33(27)4/h6-11,14-15,26H,12-13,16-17H2,1-5H3. The van der Waals surface area contributed by atoms with Crippen LogP contribution in [0.3, 0.4) is 0 Å². The first-order valence-electron chi connectivity index (χ1n) is 12.6. The molecular weight excluding hydrogens is 464 g/mol. The van der Waals surface area contributed by atoms with Crippen LogP contribution in [0.25, 0.3) is 11.0 Å². The van der Waals surface area contributed by atoms with E-state index >= 15 is 0 Å². The topological polar surface area (TPSA) is 77.3 Å². The normalized spacial score (nSPS) is 13.9. The average molecular weight is 497 g/mol. The van der Waals surface area contributed by atoms with Crippen molar-refractivity contribution in [3.63, 3.8) is 0 Å². The molecule has 1 amide bonds. The molecule has 0 spiro atoms. The molecule has 0 N–H and O–H groups in total. The maximum Gasteiger partial charge on any atom is 0.306 e. The third-order valence-corrected chi connectivity index (χ3v) is 7.74. The fraction of sp³-hybridized carbons (Fsp3) is 0.333. The van der Waals surface area contributed by atoms with Gasteiger partial charge in [0.2, 0.25) is 0 Å². The molecule has 1 unspecified atom stereocenters. The number of rotatable bonds is 5. The Balaban J connectivity index is 1.49. The molecule has 0 bridgehead atoms. The lowest BCUT2D eigenvalue weighted by Gasteiger charge is -2.30. The molecule has 0 aliphatic carbocycles. The highest BCUT2D eigenvalue weighted by atomic mass is 16.5. The van der Waals surface area contributed by atoms with Crippen molar-refractivity contribution in [1.29, 1.82) is 0 Å². The van der Waals surface area contributed by atoms with Crippen LogP contribution in [-0.2, 0) is 29.5 Å². The third kappa shape index (κ3) is 4.61. The molecule has 7 nitrogen and oxygen atoms in total. The molecule has 190 valence electrons. The second-order valence-electron chi connectivity index (χ2n) is 10.00. The van der Waals surface area contributed by atoms with E-state index in [0.717, 1.165) is 50.8 Å². The van der Waals surface area contributed by atoms with E-state index in [0.29, 0.717) is 13.1 Å². The van der Waals surface area contributed by atoms with Gasteiger partial charge in [-0.25, -0.2) is 4.68 Å². The molecule has 0 saturated heterocycles. The van der Waals surface area contributed by atoms with E-state index in [9.17, 15) is 9.59 Å². The number of ether oxygens (including phenoxy) is 1. The summed E-state index contributed by atoms with van der Waals surface area (Å²) in [5, 5.41) is 8.51. The van der Waals surface area contributed by atoms with Crippen molar-refractivity contribution in [2.24, 2.45) is 7.05 Å².